The van der Waals surface area contributed by atoms with Crippen LogP contribution in [0.5, 0.6) is 5.75 Å². The molecule has 1 aliphatic heterocycles. The first kappa shape index (κ1) is 19.3. The lowest BCUT2D eigenvalue weighted by molar-refractivity contribution is -0.130. The highest BCUT2D eigenvalue weighted by Gasteiger charge is 2.24. The predicted molar refractivity (Wildman–Crippen MR) is 97.6 cm³/mol. The lowest BCUT2D eigenvalue weighted by Crippen LogP contribution is -2.33. The molecule has 1 aromatic heterocycles. The topological polar surface area (TPSA) is 70.8 Å². The Hall–Kier alpha value is -2.45. The number of hydrogen-bond acceptors (Lipinski definition) is 5. The van der Waals surface area contributed by atoms with Crippen LogP contribution in [0.4, 0.5) is 4.39 Å². The van der Waals surface area contributed by atoms with Crippen LogP contribution in [-0.2, 0) is 24.4 Å². The fourth-order valence-electron chi connectivity index (χ4n) is 3.24. The number of aliphatic hydroxyl groups is 1. The summed E-state index contributed by atoms with van der Waals surface area (Å²) >= 11 is 0. The number of rotatable bonds is 6. The van der Waals surface area contributed by atoms with Crippen LogP contribution < -0.4 is 4.74 Å². The van der Waals surface area contributed by atoms with Crippen LogP contribution in [0.25, 0.3) is 0 Å². The van der Waals surface area contributed by atoms with Gasteiger partial charge in [0, 0.05) is 39.3 Å². The van der Waals surface area contributed by atoms with E-state index in [0.717, 1.165) is 17.8 Å². The van der Waals surface area contributed by atoms with E-state index < -0.39 is 6.10 Å². The van der Waals surface area contributed by atoms with E-state index in [1.807, 2.05) is 16.8 Å². The number of nitrogens with zero attached hydrogens (tertiary/aromatic N) is 4. The Bertz CT molecular complexity index is 821. The van der Waals surface area contributed by atoms with Gasteiger partial charge in [-0.1, -0.05) is 12.1 Å². The molecular formula is C19H25FN4O3. The molecule has 0 radical (unpaired) electrons. The third-order valence-electron chi connectivity index (χ3n) is 4.75. The van der Waals surface area contributed by atoms with E-state index in [0.29, 0.717) is 25.3 Å². The molecule has 0 unspecified atom stereocenters. The number of benzene rings is 1. The molecular weight excluding hydrogens is 351 g/mol. The molecule has 0 saturated heterocycles. The number of para-hydroxylation sites is 1. The SMILES string of the molecule is COc1c(F)cccc1CN1CCn2nc([C@H](O)CC(=O)N(C)C)cc2C1. The molecule has 1 aromatic carbocycles. The Morgan fingerprint density at radius 2 is 2.19 bits per heavy atom. The van der Waals surface area contributed by atoms with Gasteiger partial charge in [-0.3, -0.25) is 14.4 Å². The Balaban J connectivity index is 1.69. The number of fused-ring (bicyclic) bond motifs is 1. The Labute approximate surface area is 157 Å². The minimum atomic E-state index is -0.922. The summed E-state index contributed by atoms with van der Waals surface area (Å²) in [7, 11) is 4.79. The van der Waals surface area contributed by atoms with Gasteiger partial charge in [-0.05, 0) is 12.1 Å². The second-order valence-corrected chi connectivity index (χ2v) is 6.93. The number of ether oxygens (including phenoxy) is 1. The first-order valence-electron chi connectivity index (χ1n) is 8.87. The van der Waals surface area contributed by atoms with Crippen molar-refractivity contribution in [3.63, 3.8) is 0 Å². The Kier molecular flexibility index (Phi) is 5.76. The molecule has 0 fully saturated rings. The van der Waals surface area contributed by atoms with Gasteiger partial charge in [-0.15, -0.1) is 0 Å². The van der Waals surface area contributed by atoms with Crippen molar-refractivity contribution in [3.8, 4) is 5.75 Å². The van der Waals surface area contributed by atoms with Crippen molar-refractivity contribution in [2.75, 3.05) is 27.7 Å². The van der Waals surface area contributed by atoms with Gasteiger partial charge >= 0.3 is 0 Å². The van der Waals surface area contributed by atoms with E-state index in [4.69, 9.17) is 4.74 Å². The summed E-state index contributed by atoms with van der Waals surface area (Å²) in [6, 6.07) is 6.76. The molecule has 0 aliphatic carbocycles. The predicted octanol–water partition coefficient (Wildman–Crippen LogP) is 1.56. The van der Waals surface area contributed by atoms with Crippen molar-refractivity contribution in [1.29, 1.82) is 0 Å². The molecule has 146 valence electrons. The highest BCUT2D eigenvalue weighted by molar-refractivity contribution is 5.76. The van der Waals surface area contributed by atoms with Crippen molar-refractivity contribution in [1.82, 2.24) is 19.6 Å². The van der Waals surface area contributed by atoms with Crippen molar-refractivity contribution >= 4 is 5.91 Å². The van der Waals surface area contributed by atoms with E-state index in [1.165, 1.54) is 18.1 Å². The van der Waals surface area contributed by atoms with E-state index in [2.05, 4.69) is 10.00 Å². The Morgan fingerprint density at radius 3 is 2.89 bits per heavy atom. The van der Waals surface area contributed by atoms with Gasteiger partial charge in [0.05, 0.1) is 31.5 Å². The maximum absolute atomic E-state index is 13.9. The number of aliphatic hydroxyl groups excluding tert-OH is 1. The van der Waals surface area contributed by atoms with Crippen LogP contribution in [0.3, 0.4) is 0 Å². The van der Waals surface area contributed by atoms with E-state index in [9.17, 15) is 14.3 Å². The highest BCUT2D eigenvalue weighted by Crippen LogP contribution is 2.26. The highest BCUT2D eigenvalue weighted by atomic mass is 19.1. The van der Waals surface area contributed by atoms with Gasteiger partial charge in [-0.25, -0.2) is 4.39 Å². The summed E-state index contributed by atoms with van der Waals surface area (Å²) in [5.74, 6) is -0.240. The zero-order valence-electron chi connectivity index (χ0n) is 15.9. The molecule has 1 amide bonds. The molecule has 7 nitrogen and oxygen atoms in total. The molecule has 0 saturated carbocycles. The van der Waals surface area contributed by atoms with Crippen LogP contribution in [0, 0.1) is 5.82 Å². The quantitative estimate of drug-likeness (QED) is 0.829. The van der Waals surface area contributed by atoms with E-state index in [1.54, 1.807) is 20.2 Å². The fraction of sp³-hybridized carbons (Fsp3) is 0.474. The van der Waals surface area contributed by atoms with Gasteiger partial charge in [0.15, 0.2) is 11.6 Å². The zero-order chi connectivity index (χ0) is 19.6. The van der Waals surface area contributed by atoms with Crippen LogP contribution in [0.15, 0.2) is 24.3 Å². The summed E-state index contributed by atoms with van der Waals surface area (Å²) in [5.41, 5.74) is 2.26. The second kappa shape index (κ2) is 8.06. The van der Waals surface area contributed by atoms with Crippen LogP contribution in [0.1, 0.15) is 29.5 Å². The first-order valence-corrected chi connectivity index (χ1v) is 8.87. The van der Waals surface area contributed by atoms with Crippen molar-refractivity contribution in [3.05, 3.63) is 47.0 Å². The third-order valence-corrected chi connectivity index (χ3v) is 4.75. The third kappa shape index (κ3) is 4.28. The summed E-state index contributed by atoms with van der Waals surface area (Å²) < 4.78 is 20.9. The average molecular weight is 376 g/mol. The largest absolute Gasteiger partial charge is 0.493 e. The molecule has 1 atom stereocenters. The van der Waals surface area contributed by atoms with Crippen molar-refractivity contribution in [2.24, 2.45) is 0 Å². The molecule has 3 rings (SSSR count). The van der Waals surface area contributed by atoms with Gasteiger partial charge in [0.2, 0.25) is 5.91 Å². The number of amides is 1. The molecule has 0 spiro atoms. The second-order valence-electron chi connectivity index (χ2n) is 6.93. The molecule has 2 heterocycles. The maximum Gasteiger partial charge on any atom is 0.225 e. The minimum absolute atomic E-state index is 0.00760. The number of carbonyl (C=O) groups excluding carboxylic acids is 1. The Morgan fingerprint density at radius 1 is 1.41 bits per heavy atom. The van der Waals surface area contributed by atoms with Gasteiger partial charge in [0.25, 0.3) is 0 Å². The lowest BCUT2D eigenvalue weighted by Gasteiger charge is -2.28. The molecule has 0 bridgehead atoms. The van der Waals surface area contributed by atoms with Gasteiger partial charge in [-0.2, -0.15) is 5.10 Å². The zero-order valence-corrected chi connectivity index (χ0v) is 15.9. The van der Waals surface area contributed by atoms with Crippen molar-refractivity contribution in [2.45, 2.75) is 32.2 Å². The molecule has 1 N–H and O–H groups in total. The molecule has 1 aliphatic rings. The number of carbonyl (C=O) groups is 1. The summed E-state index contributed by atoms with van der Waals surface area (Å²) in [6.45, 7) is 2.60. The number of methoxy groups -OCH3 is 1. The summed E-state index contributed by atoms with van der Waals surface area (Å²) in [5, 5.41) is 14.7. The average Bonchev–Trinajstić information content (AvgIpc) is 3.05. The number of hydrogen-bond donors (Lipinski definition) is 1. The van der Waals surface area contributed by atoms with Crippen LogP contribution >= 0.6 is 0 Å². The van der Waals surface area contributed by atoms with Crippen LogP contribution in [0.2, 0.25) is 0 Å². The van der Waals surface area contributed by atoms with Gasteiger partial charge < -0.3 is 14.7 Å². The molecule has 8 heteroatoms. The minimum Gasteiger partial charge on any atom is -0.493 e. The normalized spacial score (nSPS) is 15.3. The van der Waals surface area contributed by atoms with Gasteiger partial charge in [0.1, 0.15) is 6.10 Å². The monoisotopic (exact) mass is 376 g/mol. The van der Waals surface area contributed by atoms with E-state index in [-0.39, 0.29) is 23.9 Å². The van der Waals surface area contributed by atoms with Crippen molar-refractivity contribution < 1.29 is 19.0 Å². The van der Waals surface area contributed by atoms with E-state index >= 15 is 0 Å². The maximum atomic E-state index is 13.9. The summed E-state index contributed by atoms with van der Waals surface area (Å²) in [6.07, 6.45) is -0.914. The van der Waals surface area contributed by atoms with Crippen LogP contribution in [-0.4, -0.2) is 58.3 Å². The smallest absolute Gasteiger partial charge is 0.225 e. The lowest BCUT2D eigenvalue weighted by atomic mass is 10.1. The fourth-order valence-corrected chi connectivity index (χ4v) is 3.24. The molecule has 2 aromatic rings. The number of halogens is 1. The number of aromatic nitrogens is 2. The first-order chi connectivity index (χ1) is 12.9. The summed E-state index contributed by atoms with van der Waals surface area (Å²) in [4.78, 5) is 15.4. The standard InChI is InChI=1S/C19H25FN4O3/c1-22(2)18(26)10-17(25)16-9-14-12-23(7-8-24(14)21-16)11-13-5-4-6-15(20)19(13)27-3/h4-6,9,17,25H,7-8,10-12H2,1-3H3/t17-/m1/s1. The molecule has 27 heavy (non-hydrogen) atoms.